The maximum atomic E-state index is 2.66. The van der Waals surface area contributed by atoms with E-state index in [0.717, 1.165) is 0 Å². The van der Waals surface area contributed by atoms with Gasteiger partial charge >= 0.3 is 227 Å². The predicted molar refractivity (Wildman–Crippen MR) is 171 cm³/mol. The number of rotatable bonds is 4. The van der Waals surface area contributed by atoms with E-state index < -0.39 is 73.5 Å². The topological polar surface area (TPSA) is 0 Å². The first-order valence-electron chi connectivity index (χ1n) is 13.0. The molecule has 0 aliphatic heterocycles. The standard InChI is InChI=1S/C18H6.12CH3.4Sn/c1-2-6-12-11(5-1)15-9-17-13-7-3-4-8-14(13)18(17)10-16(12)15;;;;;;;;;;;;;;;;/h5-10H;12*1H3;;;;. The van der Waals surface area contributed by atoms with Gasteiger partial charge in [-0.15, -0.1) is 0 Å². The summed E-state index contributed by atoms with van der Waals surface area (Å²) in [5.41, 5.74) is 0. The molecule has 0 bridgehead atoms. The SMILES string of the molecule is [CH3][Sn]([CH3])([CH3])[c]1cc2c(c[c]1[Sn]([CH3])([CH3])[CH3])c1cc3c4c[c]([Sn]([CH3])([CH3])[CH3])[c]([Sn]([CH3])([CH3])[CH3])cc4c3cc21. The van der Waals surface area contributed by atoms with Gasteiger partial charge in [-0.2, -0.15) is 0 Å². The van der Waals surface area contributed by atoms with Gasteiger partial charge in [0.2, 0.25) is 0 Å². The van der Waals surface area contributed by atoms with Gasteiger partial charge in [0, 0.05) is 0 Å². The Morgan fingerprint density at radius 2 is 0.412 bits per heavy atom. The summed E-state index contributed by atoms with van der Waals surface area (Å²) in [5, 5.41) is 12.3. The van der Waals surface area contributed by atoms with Crippen LogP contribution in [0.2, 0.25) is 59.3 Å². The van der Waals surface area contributed by atoms with E-state index in [0.29, 0.717) is 0 Å². The van der Waals surface area contributed by atoms with E-state index in [1.165, 1.54) is 21.5 Å². The number of benzene rings is 3. The molecule has 0 aliphatic rings. The van der Waals surface area contributed by atoms with Gasteiger partial charge in [0.15, 0.2) is 0 Å². The van der Waals surface area contributed by atoms with Crippen LogP contribution in [-0.4, -0.2) is 73.5 Å². The first-order chi connectivity index (χ1) is 15.4. The Morgan fingerprint density at radius 1 is 0.265 bits per heavy atom. The second-order valence-corrected chi connectivity index (χ2v) is 72.4. The van der Waals surface area contributed by atoms with Crippen LogP contribution in [0, 0.1) is 0 Å². The van der Waals surface area contributed by atoms with Gasteiger partial charge in [0.05, 0.1) is 0 Å². The molecule has 0 saturated carbocycles. The molecule has 5 aromatic carbocycles. The molecule has 0 spiro atoms. The molecule has 0 heterocycles. The molecule has 0 amide bonds. The summed E-state index contributed by atoms with van der Waals surface area (Å²) < 4.78 is 7.21. The zero-order valence-electron chi connectivity index (χ0n) is 23.5. The number of hydrogen-bond donors (Lipinski definition) is 0. The van der Waals surface area contributed by atoms with Crippen molar-refractivity contribution in [3.63, 3.8) is 0 Å². The zero-order chi connectivity index (χ0) is 25.2. The molecule has 4 heteroatoms. The molecule has 0 aromatic heterocycles. The fourth-order valence-electron chi connectivity index (χ4n) is 5.94. The summed E-state index contributed by atoms with van der Waals surface area (Å²) in [5.74, 6) is 0. The summed E-state index contributed by atoms with van der Waals surface area (Å²) in [7, 11) is 0. The molecule has 0 aliphatic carbocycles. The third-order valence-corrected chi connectivity index (χ3v) is 35.1. The molecule has 5 rings (SSSR count). The Kier molecular flexibility index (Phi) is 6.36. The van der Waals surface area contributed by atoms with Crippen molar-refractivity contribution in [3.05, 3.63) is 36.4 Å². The molecule has 0 atom stereocenters. The summed E-state index contributed by atoms with van der Waals surface area (Å²) in [6.45, 7) is 0. The van der Waals surface area contributed by atoms with Gasteiger partial charge in [-0.1, -0.05) is 0 Å². The van der Waals surface area contributed by atoms with Crippen LogP contribution in [0.5, 0.6) is 0 Å². The van der Waals surface area contributed by atoms with E-state index in [2.05, 4.69) is 95.7 Å². The second kappa shape index (κ2) is 8.18. The van der Waals surface area contributed by atoms with Crippen LogP contribution in [-0.2, 0) is 0 Å². The van der Waals surface area contributed by atoms with Crippen molar-refractivity contribution in [2.24, 2.45) is 0 Å². The van der Waals surface area contributed by atoms with Gasteiger partial charge in [-0.25, -0.2) is 0 Å². The van der Waals surface area contributed by atoms with Crippen LogP contribution in [0.1, 0.15) is 0 Å². The van der Waals surface area contributed by atoms with Gasteiger partial charge in [-0.3, -0.25) is 0 Å². The van der Waals surface area contributed by atoms with E-state index in [4.69, 9.17) is 0 Å². The van der Waals surface area contributed by atoms with Crippen LogP contribution in [0.4, 0.5) is 0 Å². The minimum atomic E-state index is -2.19. The number of fused-ring (bicyclic) bond motifs is 8. The molecule has 0 unspecified atom stereocenters. The van der Waals surface area contributed by atoms with E-state index >= 15 is 0 Å². The van der Waals surface area contributed by atoms with Crippen molar-refractivity contribution in [3.8, 4) is 0 Å². The van der Waals surface area contributed by atoms with Crippen LogP contribution >= 0.6 is 0 Å². The zero-order valence-corrected chi connectivity index (χ0v) is 34.9. The van der Waals surface area contributed by atoms with Crippen molar-refractivity contribution in [2.45, 2.75) is 59.3 Å². The van der Waals surface area contributed by atoms with E-state index in [1.54, 1.807) is 35.9 Å². The van der Waals surface area contributed by atoms with Crippen LogP contribution in [0.15, 0.2) is 36.4 Å². The van der Waals surface area contributed by atoms with Crippen LogP contribution in [0.3, 0.4) is 0 Å². The number of hydrogen-bond acceptors (Lipinski definition) is 0. The van der Waals surface area contributed by atoms with E-state index in [1.807, 2.05) is 0 Å². The summed E-state index contributed by atoms with van der Waals surface area (Å²) >= 11 is -8.78. The second-order valence-electron chi connectivity index (χ2n) is 14.8. The first-order valence-corrected chi connectivity index (χ1v) is 52.9. The van der Waals surface area contributed by atoms with Crippen molar-refractivity contribution in [1.29, 1.82) is 0 Å². The molecule has 34 heavy (non-hydrogen) atoms. The van der Waals surface area contributed by atoms with Gasteiger partial charge in [-0.05, 0) is 0 Å². The Hall–Kier alpha value is 0.855. The van der Waals surface area contributed by atoms with Crippen molar-refractivity contribution >= 4 is 131 Å². The van der Waals surface area contributed by atoms with Gasteiger partial charge in [0.25, 0.3) is 0 Å². The summed E-state index contributed by atoms with van der Waals surface area (Å²) in [6, 6.07) is 15.7. The summed E-state index contributed by atoms with van der Waals surface area (Å²) in [4.78, 5) is 31.2. The molecule has 0 fully saturated rings. The fourth-order valence-corrected chi connectivity index (χ4v) is 51.3. The molecule has 0 nitrogen and oxygen atoms in total. The fraction of sp³-hybridized carbons (Fsp3) is 0.400. The Morgan fingerprint density at radius 3 is 0.559 bits per heavy atom. The third kappa shape index (κ3) is 4.22. The average Bonchev–Trinajstić information content (AvgIpc) is 2.65. The van der Waals surface area contributed by atoms with E-state index in [-0.39, 0.29) is 0 Å². The first kappa shape index (κ1) is 26.5. The molecule has 0 radical (unpaired) electrons. The molecule has 178 valence electrons. The predicted octanol–water partition coefficient (Wildman–Crippen LogP) is 7.36. The Balaban J connectivity index is 1.82. The summed E-state index contributed by atoms with van der Waals surface area (Å²) in [6.07, 6.45) is 0. The minimum absolute atomic E-state index is 1.52. The van der Waals surface area contributed by atoms with E-state index in [9.17, 15) is 0 Å². The van der Waals surface area contributed by atoms with Crippen molar-refractivity contribution in [1.82, 2.24) is 0 Å². The Labute approximate surface area is 223 Å². The van der Waals surface area contributed by atoms with Crippen molar-refractivity contribution in [2.75, 3.05) is 0 Å². The molecular weight excluding hydrogens is 835 g/mol. The maximum absolute atomic E-state index is 2.66. The molecule has 5 aromatic rings. The molecule has 0 saturated heterocycles. The van der Waals surface area contributed by atoms with Gasteiger partial charge in [0.1, 0.15) is 0 Å². The molecular formula is C30H42Sn4. The van der Waals surface area contributed by atoms with Gasteiger partial charge < -0.3 is 0 Å². The molecule has 0 N–H and O–H groups in total. The third-order valence-electron chi connectivity index (χ3n) is 7.87. The van der Waals surface area contributed by atoms with Crippen molar-refractivity contribution < 1.29 is 0 Å². The van der Waals surface area contributed by atoms with Crippen LogP contribution < -0.4 is 14.3 Å². The monoisotopic (exact) mass is 882 g/mol. The average molecular weight is 878 g/mol. The normalized spacial score (nSPS) is 14.5. The van der Waals surface area contributed by atoms with Crippen LogP contribution in [0.25, 0.3) is 43.1 Å². The Bertz CT molecular complexity index is 1330. The quantitative estimate of drug-likeness (QED) is 0.166.